The Bertz CT molecular complexity index is 883. The number of anilines is 2. The van der Waals surface area contributed by atoms with Crippen molar-refractivity contribution in [1.82, 2.24) is 14.5 Å². The van der Waals surface area contributed by atoms with Crippen LogP contribution in [-0.4, -0.2) is 51.3 Å². The molecule has 2 atom stereocenters. The van der Waals surface area contributed by atoms with E-state index in [-0.39, 0.29) is 6.04 Å². The Morgan fingerprint density at radius 1 is 1.38 bits per heavy atom. The van der Waals surface area contributed by atoms with E-state index in [1.54, 1.807) is 0 Å². The van der Waals surface area contributed by atoms with Crippen LogP contribution in [0.5, 0.6) is 0 Å². The molecule has 0 bridgehead atoms. The fourth-order valence-corrected chi connectivity index (χ4v) is 4.17. The van der Waals surface area contributed by atoms with Crippen LogP contribution < -0.4 is 10.6 Å². The zero-order valence-electron chi connectivity index (χ0n) is 15.2. The van der Waals surface area contributed by atoms with Gasteiger partial charge in [-0.05, 0) is 38.5 Å². The Morgan fingerprint density at radius 2 is 2.19 bits per heavy atom. The van der Waals surface area contributed by atoms with Gasteiger partial charge < -0.3 is 25.2 Å². The lowest BCUT2D eigenvalue weighted by molar-refractivity contribution is 0.153. The number of hydrogen-bond acceptors (Lipinski definition) is 4. The van der Waals surface area contributed by atoms with Crippen LogP contribution in [0.3, 0.4) is 0 Å². The summed E-state index contributed by atoms with van der Waals surface area (Å²) in [6.45, 7) is 6.98. The Morgan fingerprint density at radius 3 is 2.92 bits per heavy atom. The van der Waals surface area contributed by atoms with Gasteiger partial charge in [0, 0.05) is 37.8 Å². The molecule has 0 aliphatic carbocycles. The molecule has 2 aliphatic heterocycles. The first-order valence-electron chi connectivity index (χ1n) is 9.07. The van der Waals surface area contributed by atoms with Crippen LogP contribution in [-0.2, 0) is 6.54 Å². The van der Waals surface area contributed by atoms with Gasteiger partial charge in [0.05, 0.1) is 17.1 Å². The van der Waals surface area contributed by atoms with Crippen molar-refractivity contribution in [2.45, 2.75) is 32.9 Å². The summed E-state index contributed by atoms with van der Waals surface area (Å²) < 4.78 is 2.20. The number of nitrogen functional groups attached to an aromatic ring is 1. The number of benzene rings is 1. The van der Waals surface area contributed by atoms with Gasteiger partial charge >= 0.3 is 6.09 Å². The summed E-state index contributed by atoms with van der Waals surface area (Å²) in [5.74, 6) is 1.30. The lowest BCUT2D eigenvalue weighted by atomic mass is 10.1. The van der Waals surface area contributed by atoms with Crippen molar-refractivity contribution >= 4 is 28.8 Å². The number of imidazole rings is 1. The lowest BCUT2D eigenvalue weighted by Gasteiger charge is -2.26. The van der Waals surface area contributed by atoms with Gasteiger partial charge in [-0.15, -0.1) is 0 Å². The minimum absolute atomic E-state index is 0.200. The number of nitrogens with two attached hydrogens (primary N) is 1. The van der Waals surface area contributed by atoms with Gasteiger partial charge in [0.15, 0.2) is 0 Å². The highest BCUT2D eigenvalue weighted by atomic mass is 16.4. The van der Waals surface area contributed by atoms with Gasteiger partial charge in [-0.3, -0.25) is 0 Å². The van der Waals surface area contributed by atoms with Crippen molar-refractivity contribution in [1.29, 1.82) is 0 Å². The molecular formula is C19H25N5O2. The minimum atomic E-state index is -0.829. The third-order valence-electron chi connectivity index (χ3n) is 5.51. The molecule has 26 heavy (non-hydrogen) atoms. The number of carboxylic acid groups (broad SMARTS) is 1. The van der Waals surface area contributed by atoms with Gasteiger partial charge in [-0.2, -0.15) is 0 Å². The quantitative estimate of drug-likeness (QED) is 0.653. The molecule has 2 aliphatic rings. The van der Waals surface area contributed by atoms with E-state index in [1.807, 2.05) is 18.2 Å². The SMILES string of the molecule is CC(C)=CCn1c(N2CCC3CN(C(=O)O)CC32)nc2ccc(N)cc21. The molecule has 1 amide bonds. The molecule has 3 heterocycles. The van der Waals surface area contributed by atoms with Crippen molar-refractivity contribution in [3.63, 3.8) is 0 Å². The fraction of sp³-hybridized carbons (Fsp3) is 0.474. The molecule has 1 aromatic heterocycles. The maximum Gasteiger partial charge on any atom is 0.407 e. The smallest absolute Gasteiger partial charge is 0.407 e. The van der Waals surface area contributed by atoms with Crippen LogP contribution in [0.15, 0.2) is 29.8 Å². The summed E-state index contributed by atoms with van der Waals surface area (Å²) in [6.07, 6.45) is 2.35. The largest absolute Gasteiger partial charge is 0.465 e. The molecule has 2 aromatic rings. The molecule has 2 saturated heterocycles. The topological polar surface area (TPSA) is 87.6 Å². The Balaban J connectivity index is 1.75. The van der Waals surface area contributed by atoms with Crippen molar-refractivity contribution in [2.75, 3.05) is 30.3 Å². The van der Waals surface area contributed by atoms with Gasteiger partial charge in [-0.25, -0.2) is 9.78 Å². The second-order valence-electron chi connectivity index (χ2n) is 7.55. The van der Waals surface area contributed by atoms with Crippen LogP contribution in [0.1, 0.15) is 20.3 Å². The third kappa shape index (κ3) is 2.77. The van der Waals surface area contributed by atoms with Crippen molar-refractivity contribution in [3.05, 3.63) is 29.8 Å². The molecule has 1 aromatic carbocycles. The average Bonchev–Trinajstić information content (AvgIpc) is 3.24. The van der Waals surface area contributed by atoms with E-state index in [2.05, 4.69) is 29.4 Å². The van der Waals surface area contributed by atoms with E-state index in [1.165, 1.54) is 10.5 Å². The molecule has 7 nitrogen and oxygen atoms in total. The Hall–Kier alpha value is -2.70. The van der Waals surface area contributed by atoms with Crippen LogP contribution in [0.2, 0.25) is 0 Å². The summed E-state index contributed by atoms with van der Waals surface area (Å²) in [5, 5.41) is 9.33. The molecule has 0 radical (unpaired) electrons. The molecular weight excluding hydrogens is 330 g/mol. The highest BCUT2D eigenvalue weighted by Crippen LogP contribution is 2.36. The number of nitrogens with zero attached hydrogens (tertiary/aromatic N) is 4. The molecule has 2 fully saturated rings. The molecule has 4 rings (SSSR count). The first-order chi connectivity index (χ1) is 12.4. The second-order valence-corrected chi connectivity index (χ2v) is 7.55. The first kappa shape index (κ1) is 16.8. The van der Waals surface area contributed by atoms with Crippen LogP contribution in [0.4, 0.5) is 16.4 Å². The van der Waals surface area contributed by atoms with Gasteiger partial charge in [0.2, 0.25) is 5.95 Å². The predicted octanol–water partition coefficient (Wildman–Crippen LogP) is 2.77. The molecule has 7 heteroatoms. The number of amides is 1. The second kappa shape index (κ2) is 6.23. The zero-order valence-corrected chi connectivity index (χ0v) is 15.2. The summed E-state index contributed by atoms with van der Waals surface area (Å²) in [5.41, 5.74) is 9.92. The van der Waals surface area contributed by atoms with E-state index in [0.717, 1.165) is 42.2 Å². The number of aromatic nitrogens is 2. The highest BCUT2D eigenvalue weighted by Gasteiger charge is 2.44. The van der Waals surface area contributed by atoms with E-state index >= 15 is 0 Å². The Kier molecular flexibility index (Phi) is 4.01. The van der Waals surface area contributed by atoms with Crippen molar-refractivity contribution < 1.29 is 9.90 Å². The van der Waals surface area contributed by atoms with Gasteiger partial charge in [0.1, 0.15) is 0 Å². The van der Waals surface area contributed by atoms with E-state index in [0.29, 0.717) is 19.0 Å². The summed E-state index contributed by atoms with van der Waals surface area (Å²) >= 11 is 0. The third-order valence-corrected chi connectivity index (χ3v) is 5.51. The number of fused-ring (bicyclic) bond motifs is 2. The predicted molar refractivity (Wildman–Crippen MR) is 102 cm³/mol. The van der Waals surface area contributed by atoms with E-state index < -0.39 is 6.09 Å². The average molecular weight is 355 g/mol. The number of hydrogen-bond donors (Lipinski definition) is 2. The van der Waals surface area contributed by atoms with E-state index in [4.69, 9.17) is 10.7 Å². The number of carbonyl (C=O) groups is 1. The van der Waals surface area contributed by atoms with Gasteiger partial charge in [0.25, 0.3) is 0 Å². The lowest BCUT2D eigenvalue weighted by Crippen LogP contribution is -2.38. The summed E-state index contributed by atoms with van der Waals surface area (Å²) in [4.78, 5) is 20.1. The summed E-state index contributed by atoms with van der Waals surface area (Å²) in [6, 6.07) is 6.00. The Labute approximate surface area is 152 Å². The normalized spacial score (nSPS) is 22.1. The van der Waals surface area contributed by atoms with Crippen molar-refractivity contribution in [2.24, 2.45) is 5.92 Å². The highest BCUT2D eigenvalue weighted by molar-refractivity contribution is 5.82. The van der Waals surface area contributed by atoms with Crippen LogP contribution in [0, 0.1) is 5.92 Å². The van der Waals surface area contributed by atoms with Crippen LogP contribution in [0.25, 0.3) is 11.0 Å². The number of likely N-dealkylation sites (tertiary alicyclic amines) is 1. The number of allylic oxidation sites excluding steroid dienone is 2. The van der Waals surface area contributed by atoms with Crippen LogP contribution >= 0.6 is 0 Å². The number of rotatable bonds is 3. The maximum absolute atomic E-state index is 11.4. The monoisotopic (exact) mass is 355 g/mol. The van der Waals surface area contributed by atoms with E-state index in [9.17, 15) is 9.90 Å². The van der Waals surface area contributed by atoms with Crippen molar-refractivity contribution in [3.8, 4) is 0 Å². The first-order valence-corrected chi connectivity index (χ1v) is 9.07. The fourth-order valence-electron chi connectivity index (χ4n) is 4.17. The molecule has 138 valence electrons. The standard InChI is InChI=1S/C19H25N5O2/c1-12(2)5-7-23-16-9-14(20)3-4-15(16)21-18(23)24-8-6-13-10-22(19(25)26)11-17(13)24/h3-5,9,13,17H,6-8,10-11,20H2,1-2H3,(H,25,26). The molecule has 2 unspecified atom stereocenters. The maximum atomic E-state index is 11.4. The summed E-state index contributed by atoms with van der Waals surface area (Å²) in [7, 11) is 0. The molecule has 3 N–H and O–H groups in total. The molecule has 0 spiro atoms. The van der Waals surface area contributed by atoms with Gasteiger partial charge in [-0.1, -0.05) is 11.6 Å². The minimum Gasteiger partial charge on any atom is -0.465 e. The molecule has 0 saturated carbocycles. The zero-order chi connectivity index (χ0) is 18.4.